The van der Waals surface area contributed by atoms with Crippen LogP contribution in [0.4, 0.5) is 30.7 Å². The van der Waals surface area contributed by atoms with Gasteiger partial charge in [-0.05, 0) is 86.7 Å². The first-order valence-corrected chi connectivity index (χ1v) is 14.1. The molecule has 3 saturated heterocycles. The number of rotatable bonds is 6. The molecule has 0 aromatic heterocycles. The SMILES string of the molecule is C[C@@H](O[C@H]1OCC[C@@H](CN2CCC3(CC2)COC[C@@H]3O)[C@H]1c1ccc(F)cc1)c1cc(C(F)(F)F)cc(C(F)(F)F)c1. The van der Waals surface area contributed by atoms with Crippen LogP contribution in [0.1, 0.15) is 60.5 Å². The first-order chi connectivity index (χ1) is 19.7. The van der Waals surface area contributed by atoms with Crippen molar-refractivity contribution in [3.8, 4) is 0 Å². The molecular formula is C30H34F7NO4. The van der Waals surface area contributed by atoms with Crippen molar-refractivity contribution in [2.24, 2.45) is 11.3 Å². The minimum absolute atomic E-state index is 0.0486. The number of hydrogen-bond donors (Lipinski definition) is 1. The lowest BCUT2D eigenvalue weighted by molar-refractivity contribution is -0.210. The molecule has 1 N–H and O–H groups in total. The summed E-state index contributed by atoms with van der Waals surface area (Å²) >= 11 is 0. The molecule has 2 aromatic rings. The Morgan fingerprint density at radius 2 is 1.62 bits per heavy atom. The zero-order chi connectivity index (χ0) is 30.3. The summed E-state index contributed by atoms with van der Waals surface area (Å²) in [6.45, 7) is 4.63. The zero-order valence-corrected chi connectivity index (χ0v) is 23.1. The van der Waals surface area contributed by atoms with Crippen LogP contribution in [-0.4, -0.2) is 61.9 Å². The summed E-state index contributed by atoms with van der Waals surface area (Å²) in [6, 6.07) is 7.23. The second-order valence-electron chi connectivity index (χ2n) is 11.7. The molecule has 12 heteroatoms. The predicted molar refractivity (Wildman–Crippen MR) is 138 cm³/mol. The fourth-order valence-corrected chi connectivity index (χ4v) is 6.41. The van der Waals surface area contributed by atoms with Gasteiger partial charge in [0.25, 0.3) is 0 Å². The molecule has 232 valence electrons. The van der Waals surface area contributed by atoms with Gasteiger partial charge in [0.2, 0.25) is 0 Å². The minimum Gasteiger partial charge on any atom is -0.390 e. The quantitative estimate of drug-likeness (QED) is 0.378. The average molecular weight is 606 g/mol. The van der Waals surface area contributed by atoms with Crippen LogP contribution in [0.25, 0.3) is 0 Å². The standard InChI is InChI=1S/C30H34F7NO4/c1-18(21-12-22(29(32,33)34)14-23(13-21)30(35,36)37)42-27-26(19-2-4-24(31)5-3-19)20(6-11-41-27)15-38-9-7-28(8-10-38)17-40-16-25(28)39/h2-5,12-14,18,20,25-27,39H,6-11,15-17H2,1H3/t18-,20+,25+,26-,27-/m1/s1. The van der Waals surface area contributed by atoms with Crippen molar-refractivity contribution in [3.05, 3.63) is 70.5 Å². The van der Waals surface area contributed by atoms with E-state index in [2.05, 4.69) is 4.90 Å². The third-order valence-electron chi connectivity index (χ3n) is 8.96. The molecule has 0 radical (unpaired) electrons. The monoisotopic (exact) mass is 605 g/mol. The molecule has 3 heterocycles. The smallest absolute Gasteiger partial charge is 0.390 e. The highest BCUT2D eigenvalue weighted by atomic mass is 19.4. The van der Waals surface area contributed by atoms with Crippen molar-refractivity contribution < 1.29 is 50.1 Å². The number of aliphatic hydroxyl groups is 1. The first kappa shape index (κ1) is 31.2. The highest BCUT2D eigenvalue weighted by Crippen LogP contribution is 2.44. The van der Waals surface area contributed by atoms with Gasteiger partial charge in [-0.3, -0.25) is 0 Å². The zero-order valence-electron chi connectivity index (χ0n) is 23.1. The summed E-state index contributed by atoms with van der Waals surface area (Å²) in [7, 11) is 0. The lowest BCUT2D eigenvalue weighted by atomic mass is 9.75. The van der Waals surface area contributed by atoms with E-state index in [1.54, 1.807) is 12.1 Å². The number of ether oxygens (including phenoxy) is 3. The summed E-state index contributed by atoms with van der Waals surface area (Å²) in [5.74, 6) is -0.946. The summed E-state index contributed by atoms with van der Waals surface area (Å²) < 4.78 is 112. The third-order valence-corrected chi connectivity index (χ3v) is 8.96. The molecule has 1 spiro atoms. The van der Waals surface area contributed by atoms with Gasteiger partial charge in [0.15, 0.2) is 6.29 Å². The molecule has 3 aliphatic heterocycles. The predicted octanol–water partition coefficient (Wildman–Crippen LogP) is 6.56. The number of halogens is 7. The maximum absolute atomic E-state index is 13.8. The second kappa shape index (κ2) is 12.0. The summed E-state index contributed by atoms with van der Waals surface area (Å²) in [4.78, 5) is 2.28. The summed E-state index contributed by atoms with van der Waals surface area (Å²) in [5, 5.41) is 10.4. The van der Waals surface area contributed by atoms with Crippen LogP contribution in [-0.2, 0) is 26.6 Å². The van der Waals surface area contributed by atoms with Crippen LogP contribution in [0, 0.1) is 17.2 Å². The van der Waals surface area contributed by atoms with Crippen LogP contribution in [0.5, 0.6) is 0 Å². The Labute approximate surface area is 239 Å². The van der Waals surface area contributed by atoms with E-state index < -0.39 is 53.7 Å². The number of nitrogens with zero attached hydrogens (tertiary/aromatic N) is 1. The molecule has 0 amide bonds. The van der Waals surface area contributed by atoms with Crippen molar-refractivity contribution in [2.45, 2.75) is 63.0 Å². The van der Waals surface area contributed by atoms with Crippen molar-refractivity contribution in [3.63, 3.8) is 0 Å². The fourth-order valence-electron chi connectivity index (χ4n) is 6.41. The van der Waals surface area contributed by atoms with E-state index in [0.29, 0.717) is 43.9 Å². The van der Waals surface area contributed by atoms with E-state index in [-0.39, 0.29) is 29.6 Å². The lowest BCUT2D eigenvalue weighted by Crippen LogP contribution is -2.49. The molecule has 0 aliphatic carbocycles. The molecule has 5 atom stereocenters. The molecule has 2 aromatic carbocycles. The minimum atomic E-state index is -4.98. The van der Waals surface area contributed by atoms with E-state index in [4.69, 9.17) is 14.2 Å². The van der Waals surface area contributed by atoms with Crippen molar-refractivity contribution in [1.82, 2.24) is 4.90 Å². The Hall–Kier alpha value is -2.25. The number of alkyl halides is 6. The molecule has 42 heavy (non-hydrogen) atoms. The van der Waals surface area contributed by atoms with Crippen LogP contribution in [0.15, 0.2) is 42.5 Å². The van der Waals surface area contributed by atoms with E-state index in [0.717, 1.165) is 25.9 Å². The summed E-state index contributed by atoms with van der Waals surface area (Å²) in [6.07, 6.45) is -10.4. The van der Waals surface area contributed by atoms with Crippen LogP contribution >= 0.6 is 0 Å². The Morgan fingerprint density at radius 3 is 2.17 bits per heavy atom. The third kappa shape index (κ3) is 6.77. The van der Waals surface area contributed by atoms with Gasteiger partial charge >= 0.3 is 12.4 Å². The van der Waals surface area contributed by atoms with Crippen LogP contribution in [0.3, 0.4) is 0 Å². The van der Waals surface area contributed by atoms with Gasteiger partial charge in [0, 0.05) is 17.9 Å². The second-order valence-corrected chi connectivity index (χ2v) is 11.7. The number of aliphatic hydroxyl groups excluding tert-OH is 1. The average Bonchev–Trinajstić information content (AvgIpc) is 3.28. The maximum Gasteiger partial charge on any atom is 0.416 e. The Kier molecular flexibility index (Phi) is 8.93. The van der Waals surface area contributed by atoms with Gasteiger partial charge in [-0.25, -0.2) is 4.39 Å². The van der Waals surface area contributed by atoms with E-state index in [9.17, 15) is 35.8 Å². The largest absolute Gasteiger partial charge is 0.416 e. The van der Waals surface area contributed by atoms with Gasteiger partial charge in [0.05, 0.1) is 43.2 Å². The number of likely N-dealkylation sites (tertiary alicyclic amines) is 1. The summed E-state index contributed by atoms with van der Waals surface area (Å²) in [5.41, 5.74) is -2.66. The molecule has 3 fully saturated rings. The Morgan fingerprint density at radius 1 is 1.00 bits per heavy atom. The molecular weight excluding hydrogens is 571 g/mol. The first-order valence-electron chi connectivity index (χ1n) is 14.1. The topological polar surface area (TPSA) is 51.2 Å². The normalized spacial score (nSPS) is 27.8. The van der Waals surface area contributed by atoms with Gasteiger partial charge in [-0.2, -0.15) is 26.3 Å². The van der Waals surface area contributed by atoms with Gasteiger partial charge in [-0.15, -0.1) is 0 Å². The van der Waals surface area contributed by atoms with Gasteiger partial charge in [-0.1, -0.05) is 12.1 Å². The molecule has 0 bridgehead atoms. The van der Waals surface area contributed by atoms with Crippen molar-refractivity contribution in [2.75, 3.05) is 39.5 Å². The van der Waals surface area contributed by atoms with Crippen LogP contribution in [0.2, 0.25) is 0 Å². The number of piperidine rings is 1. The Balaban J connectivity index is 1.37. The molecule has 0 unspecified atom stereocenters. The fraction of sp³-hybridized carbons (Fsp3) is 0.600. The molecule has 3 aliphatic rings. The van der Waals surface area contributed by atoms with E-state index >= 15 is 0 Å². The van der Waals surface area contributed by atoms with E-state index in [1.807, 2.05) is 0 Å². The maximum atomic E-state index is 13.8. The van der Waals surface area contributed by atoms with Gasteiger partial charge in [0.1, 0.15) is 5.82 Å². The van der Waals surface area contributed by atoms with E-state index in [1.165, 1.54) is 19.1 Å². The highest BCUT2D eigenvalue weighted by Gasteiger charge is 2.46. The van der Waals surface area contributed by atoms with Crippen LogP contribution < -0.4 is 0 Å². The molecule has 0 saturated carbocycles. The lowest BCUT2D eigenvalue weighted by Gasteiger charge is -2.44. The Bertz CT molecular complexity index is 1180. The van der Waals surface area contributed by atoms with Gasteiger partial charge < -0.3 is 24.2 Å². The van der Waals surface area contributed by atoms with Crippen molar-refractivity contribution in [1.29, 1.82) is 0 Å². The highest BCUT2D eigenvalue weighted by molar-refractivity contribution is 5.35. The number of benzene rings is 2. The van der Waals surface area contributed by atoms with Crippen molar-refractivity contribution >= 4 is 0 Å². The number of hydrogen-bond acceptors (Lipinski definition) is 5. The molecule has 5 nitrogen and oxygen atoms in total. The molecule has 5 rings (SSSR count).